The molecule has 0 saturated heterocycles. The Hall–Kier alpha value is -3.57. The second-order valence-electron chi connectivity index (χ2n) is 5.16. The van der Waals surface area contributed by atoms with Gasteiger partial charge in [-0.1, -0.05) is 17.3 Å². The first-order valence-electron chi connectivity index (χ1n) is 7.25. The Morgan fingerprint density at radius 1 is 1.44 bits per heavy atom. The fourth-order valence-corrected chi connectivity index (χ4v) is 2.43. The molecule has 0 aliphatic carbocycles. The number of rotatable bonds is 4. The third kappa shape index (κ3) is 2.84. The first kappa shape index (κ1) is 16.3. The van der Waals surface area contributed by atoms with E-state index in [2.05, 4.69) is 5.16 Å². The lowest BCUT2D eigenvalue weighted by molar-refractivity contribution is 0.0593. The number of anilines is 1. The number of benzene rings is 1. The second kappa shape index (κ2) is 6.51. The van der Waals surface area contributed by atoms with Gasteiger partial charge in [0, 0.05) is 23.5 Å². The molecule has 0 bridgehead atoms. The molecule has 25 heavy (non-hydrogen) atoms. The van der Waals surface area contributed by atoms with E-state index in [1.807, 2.05) is 6.07 Å². The van der Waals surface area contributed by atoms with E-state index < -0.39 is 5.97 Å². The number of aromatic nitrogens is 2. The maximum Gasteiger partial charge on any atom is 0.357 e. The van der Waals surface area contributed by atoms with Gasteiger partial charge in [-0.3, -0.25) is 0 Å². The van der Waals surface area contributed by atoms with Gasteiger partial charge in [-0.05, 0) is 12.1 Å². The zero-order valence-electron chi connectivity index (χ0n) is 13.3. The molecule has 0 spiro atoms. The third-order valence-electron chi connectivity index (χ3n) is 3.70. The topological polar surface area (TPSA) is 127 Å². The Morgan fingerprint density at radius 3 is 2.72 bits per heavy atom. The molecule has 3 N–H and O–H groups in total. The van der Waals surface area contributed by atoms with Gasteiger partial charge in [0.15, 0.2) is 11.5 Å². The summed E-state index contributed by atoms with van der Waals surface area (Å²) in [4.78, 5) is 12.0. The molecular formula is C17H14N4O4. The second-order valence-corrected chi connectivity index (χ2v) is 5.16. The largest absolute Gasteiger partial charge is 0.464 e. The van der Waals surface area contributed by atoms with E-state index in [1.54, 1.807) is 30.3 Å². The summed E-state index contributed by atoms with van der Waals surface area (Å²) in [6, 6.07) is 10.6. The van der Waals surface area contributed by atoms with Crippen LogP contribution in [0.2, 0.25) is 0 Å². The predicted octanol–water partition coefficient (Wildman–Crippen LogP) is 1.87. The lowest BCUT2D eigenvalue weighted by Gasteiger charge is -2.08. The van der Waals surface area contributed by atoms with Gasteiger partial charge in [-0.25, -0.2) is 4.79 Å². The van der Waals surface area contributed by atoms with E-state index in [0.29, 0.717) is 17.1 Å². The van der Waals surface area contributed by atoms with Crippen molar-refractivity contribution in [1.82, 2.24) is 9.72 Å². The first-order chi connectivity index (χ1) is 12.1. The quantitative estimate of drug-likeness (QED) is 0.695. The molecule has 0 saturated carbocycles. The van der Waals surface area contributed by atoms with E-state index in [1.165, 1.54) is 17.9 Å². The van der Waals surface area contributed by atoms with Gasteiger partial charge in [-0.15, -0.1) is 0 Å². The van der Waals surface area contributed by atoms with Gasteiger partial charge in [0.1, 0.15) is 18.4 Å². The van der Waals surface area contributed by atoms with Gasteiger partial charge in [0.25, 0.3) is 0 Å². The van der Waals surface area contributed by atoms with Crippen LogP contribution in [0.3, 0.4) is 0 Å². The summed E-state index contributed by atoms with van der Waals surface area (Å²) in [5.74, 6) is -0.268. The Morgan fingerprint density at radius 2 is 2.16 bits per heavy atom. The van der Waals surface area contributed by atoms with Crippen molar-refractivity contribution in [2.75, 3.05) is 12.8 Å². The van der Waals surface area contributed by atoms with Crippen molar-refractivity contribution < 1.29 is 19.2 Å². The number of nitrogens with zero attached hydrogens (tertiary/aromatic N) is 3. The number of nitrogen functional groups attached to an aromatic ring is 1. The molecule has 8 heteroatoms. The van der Waals surface area contributed by atoms with Crippen LogP contribution in [0.15, 0.2) is 41.1 Å². The van der Waals surface area contributed by atoms with Gasteiger partial charge in [0.05, 0.1) is 18.4 Å². The summed E-state index contributed by atoms with van der Waals surface area (Å²) in [7, 11) is 1.25. The standard InChI is InChI=1S/C17H14N4O4/c1-24-17(23)16-15(19)11(7-18)8-21(16)12-4-2-10(3-5-12)14-6-13(9-22)25-20-14/h2-6,8,22H,9,19H2,1H3. The summed E-state index contributed by atoms with van der Waals surface area (Å²) in [6.45, 7) is -0.229. The van der Waals surface area contributed by atoms with Crippen molar-refractivity contribution >= 4 is 11.7 Å². The first-order valence-corrected chi connectivity index (χ1v) is 7.25. The summed E-state index contributed by atoms with van der Waals surface area (Å²) in [6.07, 6.45) is 1.48. The van der Waals surface area contributed by atoms with Crippen molar-refractivity contribution in [2.24, 2.45) is 0 Å². The molecule has 0 unspecified atom stereocenters. The third-order valence-corrected chi connectivity index (χ3v) is 3.70. The van der Waals surface area contributed by atoms with E-state index in [-0.39, 0.29) is 23.6 Å². The van der Waals surface area contributed by atoms with Crippen molar-refractivity contribution in [1.29, 1.82) is 5.26 Å². The van der Waals surface area contributed by atoms with Crippen LogP contribution in [0.25, 0.3) is 16.9 Å². The molecule has 0 aliphatic heterocycles. The molecule has 2 heterocycles. The Balaban J connectivity index is 2.03. The van der Waals surface area contributed by atoms with Crippen molar-refractivity contribution in [3.05, 3.63) is 53.5 Å². The minimum atomic E-state index is -0.632. The molecule has 1 aromatic carbocycles. The number of aliphatic hydroxyl groups is 1. The zero-order chi connectivity index (χ0) is 18.0. The van der Waals surface area contributed by atoms with Crippen molar-refractivity contribution in [3.8, 4) is 23.0 Å². The average molecular weight is 338 g/mol. The van der Waals surface area contributed by atoms with Gasteiger partial charge in [0.2, 0.25) is 0 Å². The number of carbonyl (C=O) groups is 1. The van der Waals surface area contributed by atoms with Crippen LogP contribution in [-0.4, -0.2) is 27.9 Å². The minimum absolute atomic E-state index is 0.0718. The molecule has 3 aromatic rings. The minimum Gasteiger partial charge on any atom is -0.464 e. The number of carbonyl (C=O) groups excluding carboxylic acids is 1. The number of hydrogen-bond acceptors (Lipinski definition) is 7. The lowest BCUT2D eigenvalue weighted by atomic mass is 10.1. The van der Waals surface area contributed by atoms with Crippen LogP contribution < -0.4 is 5.73 Å². The van der Waals surface area contributed by atoms with Crippen LogP contribution in [0, 0.1) is 11.3 Å². The van der Waals surface area contributed by atoms with Gasteiger partial charge in [-0.2, -0.15) is 5.26 Å². The monoisotopic (exact) mass is 338 g/mol. The smallest absolute Gasteiger partial charge is 0.357 e. The highest BCUT2D eigenvalue weighted by atomic mass is 16.5. The van der Waals surface area contributed by atoms with Crippen LogP contribution in [0.4, 0.5) is 5.69 Å². The van der Waals surface area contributed by atoms with Crippen LogP contribution in [0.5, 0.6) is 0 Å². The fourth-order valence-electron chi connectivity index (χ4n) is 2.43. The Bertz CT molecular complexity index is 964. The zero-order valence-corrected chi connectivity index (χ0v) is 13.3. The number of aliphatic hydroxyl groups excluding tert-OH is 1. The summed E-state index contributed by atoms with van der Waals surface area (Å²) >= 11 is 0. The number of esters is 1. The Labute approximate surface area is 142 Å². The molecule has 0 radical (unpaired) electrons. The maximum absolute atomic E-state index is 12.0. The summed E-state index contributed by atoms with van der Waals surface area (Å²) in [5.41, 5.74) is 8.21. The number of nitrogens with two attached hydrogens (primary N) is 1. The van der Waals surface area contributed by atoms with Crippen molar-refractivity contribution in [3.63, 3.8) is 0 Å². The van der Waals surface area contributed by atoms with E-state index in [9.17, 15) is 4.79 Å². The van der Waals surface area contributed by atoms with E-state index in [0.717, 1.165) is 5.56 Å². The number of ether oxygens (including phenoxy) is 1. The van der Waals surface area contributed by atoms with E-state index >= 15 is 0 Å². The molecule has 3 rings (SSSR count). The highest BCUT2D eigenvalue weighted by molar-refractivity contribution is 5.96. The molecule has 2 aromatic heterocycles. The van der Waals surface area contributed by atoms with Crippen LogP contribution in [-0.2, 0) is 11.3 Å². The molecule has 0 amide bonds. The molecule has 0 aliphatic rings. The molecule has 0 atom stereocenters. The van der Waals surface area contributed by atoms with E-state index in [4.69, 9.17) is 25.4 Å². The summed E-state index contributed by atoms with van der Waals surface area (Å²) in [5, 5.41) is 22.0. The molecular weight excluding hydrogens is 324 g/mol. The highest BCUT2D eigenvalue weighted by Gasteiger charge is 2.21. The van der Waals surface area contributed by atoms with Gasteiger partial charge < -0.3 is 24.7 Å². The fraction of sp³-hybridized carbons (Fsp3) is 0.118. The number of nitriles is 1. The predicted molar refractivity (Wildman–Crippen MR) is 87.7 cm³/mol. The lowest BCUT2D eigenvalue weighted by Crippen LogP contribution is -2.11. The maximum atomic E-state index is 12.0. The SMILES string of the molecule is COC(=O)c1c(N)c(C#N)cn1-c1ccc(-c2cc(CO)on2)cc1. The van der Waals surface area contributed by atoms with Gasteiger partial charge >= 0.3 is 5.97 Å². The van der Waals surface area contributed by atoms with Crippen LogP contribution >= 0.6 is 0 Å². The highest BCUT2D eigenvalue weighted by Crippen LogP contribution is 2.26. The summed E-state index contributed by atoms with van der Waals surface area (Å²) < 4.78 is 11.2. The van der Waals surface area contributed by atoms with Crippen molar-refractivity contribution in [2.45, 2.75) is 6.61 Å². The van der Waals surface area contributed by atoms with Crippen LogP contribution in [0.1, 0.15) is 21.8 Å². The normalized spacial score (nSPS) is 10.4. The number of hydrogen-bond donors (Lipinski definition) is 2. The number of methoxy groups -OCH3 is 1. The molecule has 8 nitrogen and oxygen atoms in total. The Kier molecular flexibility index (Phi) is 4.24. The molecule has 0 fully saturated rings. The molecule has 126 valence electrons. The average Bonchev–Trinajstić information content (AvgIpc) is 3.25.